The van der Waals surface area contributed by atoms with Crippen LogP contribution in [0.4, 0.5) is 5.95 Å². The molecule has 0 spiro atoms. The number of pyridine rings is 1. The second kappa shape index (κ2) is 4.98. The molecule has 0 saturated carbocycles. The molecule has 3 rings (SSSR count). The molecule has 5 nitrogen and oxygen atoms in total. The van der Waals surface area contributed by atoms with Crippen molar-refractivity contribution in [2.75, 3.05) is 18.8 Å². The Hall–Kier alpha value is -1.33. The summed E-state index contributed by atoms with van der Waals surface area (Å²) in [7, 11) is 0. The van der Waals surface area contributed by atoms with Gasteiger partial charge in [0.05, 0.1) is 5.02 Å². The van der Waals surface area contributed by atoms with Crippen LogP contribution in [0.15, 0.2) is 12.3 Å². The maximum Gasteiger partial charge on any atom is 0.202 e. The Morgan fingerprint density at radius 2 is 2.37 bits per heavy atom. The summed E-state index contributed by atoms with van der Waals surface area (Å²) in [6.45, 7) is 5.31. The maximum absolute atomic E-state index is 6.02. The molecule has 1 unspecified atom stereocenters. The molecule has 1 fully saturated rings. The van der Waals surface area contributed by atoms with Gasteiger partial charge >= 0.3 is 0 Å². The number of hydrogen-bond donors (Lipinski definition) is 1. The van der Waals surface area contributed by atoms with Crippen LogP contribution < -0.4 is 5.73 Å². The molecule has 19 heavy (non-hydrogen) atoms. The summed E-state index contributed by atoms with van der Waals surface area (Å²) in [5, 5.41) is 0.591. The van der Waals surface area contributed by atoms with Gasteiger partial charge in [-0.1, -0.05) is 18.5 Å². The van der Waals surface area contributed by atoms with Crippen molar-refractivity contribution in [2.24, 2.45) is 0 Å². The van der Waals surface area contributed by atoms with Crippen molar-refractivity contribution in [3.8, 4) is 0 Å². The lowest BCUT2D eigenvalue weighted by atomic mass is 10.2. The lowest BCUT2D eigenvalue weighted by Crippen LogP contribution is -2.33. The number of imidazole rings is 1. The number of nitrogens with two attached hydrogens (primary N) is 1. The summed E-state index contributed by atoms with van der Waals surface area (Å²) < 4.78 is 2.00. The van der Waals surface area contributed by atoms with Crippen LogP contribution in [0.2, 0.25) is 5.02 Å². The first kappa shape index (κ1) is 12.7. The van der Waals surface area contributed by atoms with E-state index in [2.05, 4.69) is 21.8 Å². The third-order valence-corrected chi connectivity index (χ3v) is 4.09. The number of rotatable bonds is 3. The van der Waals surface area contributed by atoms with E-state index < -0.39 is 0 Å². The van der Waals surface area contributed by atoms with Crippen molar-refractivity contribution in [2.45, 2.75) is 32.4 Å². The van der Waals surface area contributed by atoms with E-state index in [0.29, 0.717) is 17.0 Å². The van der Waals surface area contributed by atoms with Crippen LogP contribution in [-0.4, -0.2) is 38.6 Å². The highest BCUT2D eigenvalue weighted by Gasteiger charge is 2.24. The molecule has 102 valence electrons. The van der Waals surface area contributed by atoms with Gasteiger partial charge in [-0.3, -0.25) is 9.47 Å². The number of hydrogen-bond acceptors (Lipinski definition) is 4. The SMILES string of the molecule is CCN1CCCC1Cn1c(N)nc2cc(Cl)cnc21. The molecule has 2 N–H and O–H groups in total. The summed E-state index contributed by atoms with van der Waals surface area (Å²) in [6.07, 6.45) is 4.11. The molecule has 0 bridgehead atoms. The molecule has 2 aromatic heterocycles. The molecule has 3 heterocycles. The number of nitrogen functional groups attached to an aromatic ring is 1. The highest BCUT2D eigenvalue weighted by Crippen LogP contribution is 2.23. The number of likely N-dealkylation sites (tertiary alicyclic amines) is 1. The Morgan fingerprint density at radius 1 is 1.53 bits per heavy atom. The first-order valence-electron chi connectivity index (χ1n) is 6.70. The van der Waals surface area contributed by atoms with E-state index in [4.69, 9.17) is 17.3 Å². The third-order valence-electron chi connectivity index (χ3n) is 3.88. The highest BCUT2D eigenvalue weighted by atomic mass is 35.5. The van der Waals surface area contributed by atoms with Gasteiger partial charge in [-0.05, 0) is 32.0 Å². The van der Waals surface area contributed by atoms with E-state index in [0.717, 1.165) is 24.3 Å². The summed E-state index contributed by atoms with van der Waals surface area (Å²) >= 11 is 5.94. The molecule has 0 radical (unpaired) electrons. The number of halogens is 1. The van der Waals surface area contributed by atoms with Crippen molar-refractivity contribution >= 4 is 28.7 Å². The average molecular weight is 280 g/mol. The lowest BCUT2D eigenvalue weighted by molar-refractivity contribution is 0.246. The second-order valence-electron chi connectivity index (χ2n) is 5.00. The molecule has 1 aliphatic heterocycles. The molecule has 2 aromatic rings. The largest absolute Gasteiger partial charge is 0.369 e. The Kier molecular flexibility index (Phi) is 3.33. The fourth-order valence-electron chi connectivity index (χ4n) is 2.91. The van der Waals surface area contributed by atoms with Crippen molar-refractivity contribution in [1.82, 2.24) is 19.4 Å². The fourth-order valence-corrected chi connectivity index (χ4v) is 3.06. The van der Waals surface area contributed by atoms with E-state index in [9.17, 15) is 0 Å². The lowest BCUT2D eigenvalue weighted by Gasteiger charge is -2.23. The summed E-state index contributed by atoms with van der Waals surface area (Å²) in [5.74, 6) is 0.521. The number of nitrogens with zero attached hydrogens (tertiary/aromatic N) is 4. The van der Waals surface area contributed by atoms with Gasteiger partial charge in [0, 0.05) is 18.8 Å². The molecule has 1 atom stereocenters. The van der Waals surface area contributed by atoms with E-state index in [1.165, 1.54) is 19.4 Å². The zero-order valence-corrected chi connectivity index (χ0v) is 11.8. The van der Waals surface area contributed by atoms with Gasteiger partial charge in [-0.15, -0.1) is 0 Å². The molecule has 0 aliphatic carbocycles. The predicted molar refractivity (Wildman–Crippen MR) is 77.2 cm³/mol. The van der Waals surface area contributed by atoms with Gasteiger partial charge in [0.15, 0.2) is 5.65 Å². The summed E-state index contributed by atoms with van der Waals surface area (Å²) in [5.41, 5.74) is 7.61. The molecular formula is C13H18ClN5. The standard InChI is InChI=1S/C13H18ClN5/c1-2-18-5-3-4-10(18)8-19-12-11(17-13(19)15)6-9(14)7-16-12/h6-7,10H,2-5,8H2,1H3,(H2,15,17). The highest BCUT2D eigenvalue weighted by molar-refractivity contribution is 6.31. The van der Waals surface area contributed by atoms with Crippen molar-refractivity contribution < 1.29 is 0 Å². The molecule has 0 aromatic carbocycles. The zero-order chi connectivity index (χ0) is 13.4. The Morgan fingerprint density at radius 3 is 3.16 bits per heavy atom. The number of fused-ring (bicyclic) bond motifs is 1. The molecular weight excluding hydrogens is 262 g/mol. The van der Waals surface area contributed by atoms with Crippen LogP contribution >= 0.6 is 11.6 Å². The molecule has 0 amide bonds. The zero-order valence-electron chi connectivity index (χ0n) is 11.0. The van der Waals surface area contributed by atoms with Crippen LogP contribution in [0.25, 0.3) is 11.2 Å². The van der Waals surface area contributed by atoms with E-state index in [1.807, 2.05) is 10.6 Å². The maximum atomic E-state index is 6.02. The van der Waals surface area contributed by atoms with Crippen molar-refractivity contribution in [1.29, 1.82) is 0 Å². The Balaban J connectivity index is 1.94. The molecule has 6 heteroatoms. The fraction of sp³-hybridized carbons (Fsp3) is 0.538. The minimum atomic E-state index is 0.521. The van der Waals surface area contributed by atoms with Crippen LogP contribution in [-0.2, 0) is 6.54 Å². The predicted octanol–water partition coefficient (Wildman–Crippen LogP) is 2.15. The smallest absolute Gasteiger partial charge is 0.202 e. The molecule has 1 aliphatic rings. The van der Waals surface area contributed by atoms with Gasteiger partial charge in [0.2, 0.25) is 5.95 Å². The average Bonchev–Trinajstić information content (AvgIpc) is 2.95. The summed E-state index contributed by atoms with van der Waals surface area (Å²) in [6, 6.07) is 2.34. The van der Waals surface area contributed by atoms with Crippen LogP contribution in [0.3, 0.4) is 0 Å². The van der Waals surface area contributed by atoms with Crippen LogP contribution in [0.5, 0.6) is 0 Å². The third kappa shape index (κ3) is 2.28. The topological polar surface area (TPSA) is 60.0 Å². The Bertz CT molecular complexity index is 594. The van der Waals surface area contributed by atoms with E-state index in [1.54, 1.807) is 6.20 Å². The second-order valence-corrected chi connectivity index (χ2v) is 5.44. The van der Waals surface area contributed by atoms with Gasteiger partial charge in [-0.2, -0.15) is 0 Å². The van der Waals surface area contributed by atoms with E-state index >= 15 is 0 Å². The van der Waals surface area contributed by atoms with E-state index in [-0.39, 0.29) is 0 Å². The van der Waals surface area contributed by atoms with Crippen LogP contribution in [0.1, 0.15) is 19.8 Å². The first-order chi connectivity index (χ1) is 9.19. The summed E-state index contributed by atoms with van der Waals surface area (Å²) in [4.78, 5) is 11.2. The number of aromatic nitrogens is 3. The Labute approximate surface area is 117 Å². The normalized spacial score (nSPS) is 20.4. The van der Waals surface area contributed by atoms with Crippen LogP contribution in [0, 0.1) is 0 Å². The van der Waals surface area contributed by atoms with Crippen molar-refractivity contribution in [3.05, 3.63) is 17.3 Å². The van der Waals surface area contributed by atoms with Gasteiger partial charge in [0.1, 0.15) is 5.52 Å². The van der Waals surface area contributed by atoms with Gasteiger partial charge < -0.3 is 5.73 Å². The number of likely N-dealkylation sites (N-methyl/N-ethyl adjacent to an activating group) is 1. The quantitative estimate of drug-likeness (QED) is 0.935. The van der Waals surface area contributed by atoms with Gasteiger partial charge in [-0.25, -0.2) is 9.97 Å². The number of anilines is 1. The monoisotopic (exact) mass is 279 g/mol. The molecule has 1 saturated heterocycles. The first-order valence-corrected chi connectivity index (χ1v) is 7.08. The minimum absolute atomic E-state index is 0.521. The van der Waals surface area contributed by atoms with Gasteiger partial charge in [0.25, 0.3) is 0 Å². The van der Waals surface area contributed by atoms with Crippen molar-refractivity contribution in [3.63, 3.8) is 0 Å². The minimum Gasteiger partial charge on any atom is -0.369 e.